The van der Waals surface area contributed by atoms with E-state index in [0.717, 1.165) is 21.2 Å². The van der Waals surface area contributed by atoms with Gasteiger partial charge in [-0.3, -0.25) is 9.59 Å². The number of carbonyl (C=O) groups excluding carboxylic acids is 2. The summed E-state index contributed by atoms with van der Waals surface area (Å²) in [5, 5.41) is 11.4. The molecule has 1 N–H and O–H groups in total. The van der Waals surface area contributed by atoms with Crippen LogP contribution in [0.5, 0.6) is 0 Å². The molecular formula is C23H20BrNO4. The van der Waals surface area contributed by atoms with Gasteiger partial charge in [0.05, 0.1) is 24.9 Å². The van der Waals surface area contributed by atoms with Crippen LogP contribution in [0.15, 0.2) is 63.7 Å². The van der Waals surface area contributed by atoms with Gasteiger partial charge in [-0.15, -0.1) is 0 Å². The van der Waals surface area contributed by atoms with Crippen LogP contribution in [0.3, 0.4) is 0 Å². The lowest BCUT2D eigenvalue weighted by molar-refractivity contribution is -0.136. The molecule has 0 saturated carbocycles. The van der Waals surface area contributed by atoms with Crippen molar-refractivity contribution in [2.75, 3.05) is 4.90 Å². The number of halogens is 1. The molecule has 1 aliphatic rings. The number of amides is 1. The van der Waals surface area contributed by atoms with Crippen molar-refractivity contribution in [1.29, 1.82) is 0 Å². The topological polar surface area (TPSA) is 70.8 Å². The number of anilines is 1. The molecule has 0 fully saturated rings. The number of nitrogens with zero attached hydrogens (tertiary/aromatic N) is 1. The first kappa shape index (κ1) is 19.6. The molecule has 3 aromatic rings. The fourth-order valence-electron chi connectivity index (χ4n) is 3.75. The molecule has 0 radical (unpaired) electrons. The van der Waals surface area contributed by atoms with E-state index in [1.54, 1.807) is 23.1 Å². The number of hydrogen-bond donors (Lipinski definition) is 1. The quantitative estimate of drug-likeness (QED) is 0.569. The number of fused-ring (bicyclic) bond motifs is 1. The lowest BCUT2D eigenvalue weighted by Crippen LogP contribution is -2.41. The summed E-state index contributed by atoms with van der Waals surface area (Å²) in [6.45, 7) is 4.31. The van der Waals surface area contributed by atoms with Crippen LogP contribution in [0.2, 0.25) is 0 Å². The minimum absolute atomic E-state index is 0.121. The first-order valence-electron chi connectivity index (χ1n) is 9.27. The van der Waals surface area contributed by atoms with E-state index in [2.05, 4.69) is 15.9 Å². The number of benzene rings is 2. The Morgan fingerprint density at radius 2 is 1.97 bits per heavy atom. The molecule has 6 heteroatoms. The van der Waals surface area contributed by atoms with Gasteiger partial charge in [0.15, 0.2) is 11.4 Å². The highest BCUT2D eigenvalue weighted by molar-refractivity contribution is 9.10. The summed E-state index contributed by atoms with van der Waals surface area (Å²) in [5.41, 5.74) is 2.23. The van der Waals surface area contributed by atoms with E-state index in [1.165, 1.54) is 12.3 Å². The fourth-order valence-corrected chi connectivity index (χ4v) is 4.11. The molecular weight excluding hydrogens is 434 g/mol. The lowest BCUT2D eigenvalue weighted by atomic mass is 9.89. The van der Waals surface area contributed by atoms with Gasteiger partial charge in [0, 0.05) is 10.0 Å². The number of furan rings is 1. The third-order valence-corrected chi connectivity index (χ3v) is 5.83. The molecule has 1 amide bonds. The van der Waals surface area contributed by atoms with Crippen molar-refractivity contribution < 1.29 is 19.1 Å². The minimum Gasteiger partial charge on any atom is -0.461 e. The van der Waals surface area contributed by atoms with Crippen LogP contribution in [0.25, 0.3) is 0 Å². The highest BCUT2D eigenvalue weighted by atomic mass is 79.9. The molecule has 1 atom stereocenters. The second-order valence-electron chi connectivity index (χ2n) is 7.42. The van der Waals surface area contributed by atoms with Gasteiger partial charge in [-0.05, 0) is 55.3 Å². The Bertz CT molecular complexity index is 1110. The lowest BCUT2D eigenvalue weighted by Gasteiger charge is -2.23. The molecule has 0 spiro atoms. The Morgan fingerprint density at radius 1 is 1.17 bits per heavy atom. The minimum atomic E-state index is -1.94. The summed E-state index contributed by atoms with van der Waals surface area (Å²) in [7, 11) is 0. The van der Waals surface area contributed by atoms with Gasteiger partial charge < -0.3 is 14.4 Å². The van der Waals surface area contributed by atoms with E-state index in [4.69, 9.17) is 4.42 Å². The molecule has 1 aliphatic heterocycles. The third-order valence-electron chi connectivity index (χ3n) is 5.34. The number of aryl methyl sites for hydroxylation is 2. The van der Waals surface area contributed by atoms with Crippen LogP contribution < -0.4 is 4.90 Å². The second-order valence-corrected chi connectivity index (χ2v) is 8.34. The Hall–Kier alpha value is -2.70. The largest absolute Gasteiger partial charge is 0.461 e. The van der Waals surface area contributed by atoms with Crippen molar-refractivity contribution >= 4 is 33.3 Å². The molecule has 5 nitrogen and oxygen atoms in total. The van der Waals surface area contributed by atoms with E-state index < -0.39 is 17.3 Å². The Morgan fingerprint density at radius 3 is 2.69 bits per heavy atom. The van der Waals surface area contributed by atoms with Gasteiger partial charge in [0.2, 0.25) is 5.78 Å². The highest BCUT2D eigenvalue weighted by Gasteiger charge is 2.51. The normalized spacial score (nSPS) is 18.2. The summed E-state index contributed by atoms with van der Waals surface area (Å²) in [6.07, 6.45) is 1.01. The van der Waals surface area contributed by atoms with Crippen molar-refractivity contribution in [3.05, 3.63) is 87.3 Å². The van der Waals surface area contributed by atoms with Crippen LogP contribution in [0.1, 0.15) is 39.2 Å². The van der Waals surface area contributed by atoms with Gasteiger partial charge in [-0.25, -0.2) is 0 Å². The zero-order chi connectivity index (χ0) is 20.8. The number of hydrogen-bond acceptors (Lipinski definition) is 4. The smallest absolute Gasteiger partial charge is 0.264 e. The molecule has 0 aliphatic carbocycles. The highest BCUT2D eigenvalue weighted by Crippen LogP contribution is 2.45. The van der Waals surface area contributed by atoms with Crippen LogP contribution in [-0.2, 0) is 16.9 Å². The number of carbonyl (C=O) groups is 2. The monoisotopic (exact) mass is 453 g/mol. The van der Waals surface area contributed by atoms with E-state index in [-0.39, 0.29) is 12.2 Å². The third kappa shape index (κ3) is 3.43. The van der Waals surface area contributed by atoms with Crippen LogP contribution in [-0.4, -0.2) is 16.8 Å². The maximum Gasteiger partial charge on any atom is 0.264 e. The van der Waals surface area contributed by atoms with Crippen LogP contribution >= 0.6 is 15.9 Å². The summed E-state index contributed by atoms with van der Waals surface area (Å²) < 4.78 is 5.88. The van der Waals surface area contributed by atoms with Crippen molar-refractivity contribution in [2.24, 2.45) is 0 Å². The summed E-state index contributed by atoms with van der Waals surface area (Å²) in [6, 6.07) is 14.5. The predicted molar refractivity (Wildman–Crippen MR) is 113 cm³/mol. The number of aliphatic hydroxyl groups is 1. The van der Waals surface area contributed by atoms with E-state index in [9.17, 15) is 14.7 Å². The van der Waals surface area contributed by atoms with Crippen LogP contribution in [0, 0.1) is 13.8 Å². The first-order valence-corrected chi connectivity index (χ1v) is 10.1. The maximum atomic E-state index is 13.4. The van der Waals surface area contributed by atoms with Gasteiger partial charge in [0.1, 0.15) is 0 Å². The average Bonchev–Trinajstić information content (AvgIpc) is 3.28. The molecule has 2 heterocycles. The maximum absolute atomic E-state index is 13.4. The Kier molecular flexibility index (Phi) is 4.92. The number of Topliss-reactive ketones (excluding diaryl/α,β-unsaturated/α-hetero) is 1. The molecule has 0 bridgehead atoms. The summed E-state index contributed by atoms with van der Waals surface area (Å²) in [4.78, 5) is 27.6. The molecule has 1 aromatic heterocycles. The van der Waals surface area contributed by atoms with Gasteiger partial charge in [0.25, 0.3) is 5.91 Å². The number of rotatable bonds is 5. The molecule has 2 aromatic carbocycles. The molecule has 0 saturated heterocycles. The SMILES string of the molecule is Cc1ccc(C)c(CN2C(=O)C(O)(CC(=O)c3ccco3)c3cc(Br)ccc32)c1. The van der Waals surface area contributed by atoms with E-state index in [0.29, 0.717) is 17.8 Å². The van der Waals surface area contributed by atoms with Crippen molar-refractivity contribution in [2.45, 2.75) is 32.4 Å². The molecule has 1 unspecified atom stereocenters. The molecule has 4 rings (SSSR count). The summed E-state index contributed by atoms with van der Waals surface area (Å²) in [5.74, 6) is -0.812. The summed E-state index contributed by atoms with van der Waals surface area (Å²) >= 11 is 3.40. The van der Waals surface area contributed by atoms with Gasteiger partial charge in [-0.2, -0.15) is 0 Å². The Labute approximate surface area is 177 Å². The van der Waals surface area contributed by atoms with Crippen molar-refractivity contribution in [3.8, 4) is 0 Å². The first-order chi connectivity index (χ1) is 13.8. The van der Waals surface area contributed by atoms with Crippen molar-refractivity contribution in [3.63, 3.8) is 0 Å². The standard InChI is InChI=1S/C23H20BrNO4/c1-14-5-6-15(2)16(10-14)13-25-19-8-7-17(24)11-18(19)23(28,22(25)27)12-20(26)21-4-3-9-29-21/h3-11,28H,12-13H2,1-2H3. The van der Waals surface area contributed by atoms with Gasteiger partial charge in [-0.1, -0.05) is 39.7 Å². The number of ketones is 1. The Balaban J connectivity index is 1.75. The molecule has 148 valence electrons. The second kappa shape index (κ2) is 7.28. The fraction of sp³-hybridized carbons (Fsp3) is 0.217. The average molecular weight is 454 g/mol. The van der Waals surface area contributed by atoms with E-state index in [1.807, 2.05) is 38.1 Å². The van der Waals surface area contributed by atoms with Crippen molar-refractivity contribution in [1.82, 2.24) is 0 Å². The zero-order valence-corrected chi connectivity index (χ0v) is 17.7. The van der Waals surface area contributed by atoms with Gasteiger partial charge >= 0.3 is 0 Å². The van der Waals surface area contributed by atoms with E-state index >= 15 is 0 Å². The zero-order valence-electron chi connectivity index (χ0n) is 16.1. The predicted octanol–water partition coefficient (Wildman–Crippen LogP) is 4.67. The molecule has 29 heavy (non-hydrogen) atoms. The van der Waals surface area contributed by atoms with Crippen LogP contribution in [0.4, 0.5) is 5.69 Å².